The molecule has 2 aromatic heterocycles. The van der Waals surface area contributed by atoms with E-state index in [0.29, 0.717) is 0 Å². The minimum Gasteiger partial charge on any atom is -0.260 e. The molecular formula is C14H20N2S. The number of aromatic nitrogens is 2. The molecule has 0 aromatic carbocycles. The topological polar surface area (TPSA) is 25.8 Å². The lowest BCUT2D eigenvalue weighted by molar-refractivity contribution is 0.569. The van der Waals surface area contributed by atoms with Gasteiger partial charge in [-0.1, -0.05) is 41.5 Å². The van der Waals surface area contributed by atoms with Gasteiger partial charge in [0.2, 0.25) is 0 Å². The van der Waals surface area contributed by atoms with Crippen molar-refractivity contribution in [3.8, 4) is 0 Å². The third-order valence-corrected chi connectivity index (χ3v) is 3.64. The first-order valence-electron chi connectivity index (χ1n) is 5.96. The minimum absolute atomic E-state index is 0.0865. The first kappa shape index (κ1) is 12.5. The van der Waals surface area contributed by atoms with Crippen LogP contribution in [-0.4, -0.2) is 9.36 Å². The van der Waals surface area contributed by atoms with Gasteiger partial charge in [-0.2, -0.15) is 4.37 Å². The van der Waals surface area contributed by atoms with Gasteiger partial charge in [-0.25, -0.2) is 0 Å². The average Bonchev–Trinajstić information content (AvgIpc) is 2.57. The van der Waals surface area contributed by atoms with Crippen molar-refractivity contribution in [1.29, 1.82) is 0 Å². The zero-order valence-corrected chi connectivity index (χ0v) is 12.3. The van der Waals surface area contributed by atoms with Crippen LogP contribution < -0.4 is 0 Å². The van der Waals surface area contributed by atoms with Crippen molar-refractivity contribution >= 4 is 21.6 Å². The molecule has 0 aliphatic carbocycles. The fourth-order valence-corrected chi connectivity index (χ4v) is 2.76. The van der Waals surface area contributed by atoms with Crippen LogP contribution in [0.15, 0.2) is 12.3 Å². The molecule has 0 saturated carbocycles. The van der Waals surface area contributed by atoms with Crippen LogP contribution in [0.5, 0.6) is 0 Å². The first-order valence-corrected chi connectivity index (χ1v) is 6.73. The average molecular weight is 248 g/mol. The summed E-state index contributed by atoms with van der Waals surface area (Å²) in [7, 11) is 0. The highest BCUT2D eigenvalue weighted by Gasteiger charge is 2.22. The molecule has 0 N–H and O–H groups in total. The summed E-state index contributed by atoms with van der Waals surface area (Å²) >= 11 is 1.58. The maximum absolute atomic E-state index is 4.59. The maximum atomic E-state index is 4.59. The van der Waals surface area contributed by atoms with Gasteiger partial charge < -0.3 is 0 Å². The Bertz CT molecular complexity index is 541. The lowest BCUT2D eigenvalue weighted by Gasteiger charge is -2.18. The van der Waals surface area contributed by atoms with Crippen molar-refractivity contribution in [3.05, 3.63) is 23.7 Å². The molecule has 2 heterocycles. The van der Waals surface area contributed by atoms with Crippen molar-refractivity contribution in [1.82, 2.24) is 9.36 Å². The van der Waals surface area contributed by atoms with E-state index in [9.17, 15) is 0 Å². The Labute approximate surface area is 107 Å². The van der Waals surface area contributed by atoms with E-state index in [0.717, 1.165) is 11.4 Å². The Kier molecular flexibility index (Phi) is 2.77. The van der Waals surface area contributed by atoms with E-state index in [2.05, 4.69) is 57.0 Å². The molecular weight excluding hydrogens is 228 g/mol. The second kappa shape index (κ2) is 3.77. The van der Waals surface area contributed by atoms with E-state index in [4.69, 9.17) is 0 Å². The molecule has 0 aliphatic rings. The first-order chi connectivity index (χ1) is 7.69. The summed E-state index contributed by atoms with van der Waals surface area (Å²) in [4.78, 5) is 4.59. The van der Waals surface area contributed by atoms with Gasteiger partial charge >= 0.3 is 0 Å². The quantitative estimate of drug-likeness (QED) is 0.695. The van der Waals surface area contributed by atoms with Gasteiger partial charge in [0.25, 0.3) is 0 Å². The van der Waals surface area contributed by atoms with Crippen LogP contribution in [0.2, 0.25) is 0 Å². The van der Waals surface area contributed by atoms with Crippen LogP contribution in [-0.2, 0) is 10.8 Å². The van der Waals surface area contributed by atoms with Crippen LogP contribution >= 0.6 is 11.5 Å². The molecule has 3 heteroatoms. The van der Waals surface area contributed by atoms with Crippen molar-refractivity contribution in [2.75, 3.05) is 0 Å². The van der Waals surface area contributed by atoms with Crippen LogP contribution in [0.4, 0.5) is 0 Å². The van der Waals surface area contributed by atoms with Crippen molar-refractivity contribution in [3.63, 3.8) is 0 Å². The Morgan fingerprint density at radius 3 is 2.18 bits per heavy atom. The normalized spacial score (nSPS) is 13.3. The number of hydrogen-bond donors (Lipinski definition) is 0. The number of fused-ring (bicyclic) bond motifs is 1. The van der Waals surface area contributed by atoms with Crippen LogP contribution in [0, 0.1) is 0 Å². The van der Waals surface area contributed by atoms with E-state index in [-0.39, 0.29) is 10.8 Å². The second-order valence-electron chi connectivity index (χ2n) is 6.60. The summed E-state index contributed by atoms with van der Waals surface area (Å²) in [5.41, 5.74) is 2.48. The molecule has 2 nitrogen and oxygen atoms in total. The van der Waals surface area contributed by atoms with E-state index in [1.165, 1.54) is 10.1 Å². The lowest BCUT2D eigenvalue weighted by atomic mass is 9.89. The van der Waals surface area contributed by atoms with Gasteiger partial charge in [-0.3, -0.25) is 4.98 Å². The van der Waals surface area contributed by atoms with Gasteiger partial charge in [0, 0.05) is 28.1 Å². The summed E-state index contributed by atoms with van der Waals surface area (Å²) in [5.74, 6) is 0. The predicted molar refractivity (Wildman–Crippen MR) is 74.8 cm³/mol. The Morgan fingerprint density at radius 2 is 1.65 bits per heavy atom. The molecule has 0 unspecified atom stereocenters. The van der Waals surface area contributed by atoms with Crippen LogP contribution in [0.1, 0.15) is 52.9 Å². The summed E-state index contributed by atoms with van der Waals surface area (Å²) in [6, 6.07) is 2.18. The SMILES string of the molecule is CC(C)(C)c1cc2snc(C(C)(C)C)c2cn1. The van der Waals surface area contributed by atoms with Crippen molar-refractivity contribution in [2.24, 2.45) is 0 Å². The van der Waals surface area contributed by atoms with E-state index in [1.54, 1.807) is 11.5 Å². The zero-order chi connectivity index (χ0) is 12.8. The molecule has 0 fully saturated rings. The van der Waals surface area contributed by atoms with Gasteiger partial charge in [0.1, 0.15) is 0 Å². The Morgan fingerprint density at radius 1 is 1.00 bits per heavy atom. The number of hydrogen-bond acceptors (Lipinski definition) is 3. The monoisotopic (exact) mass is 248 g/mol. The van der Waals surface area contributed by atoms with Gasteiger partial charge in [-0.05, 0) is 17.6 Å². The minimum atomic E-state index is 0.0865. The third kappa shape index (κ3) is 2.34. The largest absolute Gasteiger partial charge is 0.260 e. The zero-order valence-electron chi connectivity index (χ0n) is 11.5. The molecule has 0 atom stereocenters. The smallest absolute Gasteiger partial charge is 0.0689 e. The predicted octanol–water partition coefficient (Wildman–Crippen LogP) is 4.29. The summed E-state index contributed by atoms with van der Waals surface area (Å²) in [6.45, 7) is 13.1. The van der Waals surface area contributed by atoms with Crippen LogP contribution in [0.3, 0.4) is 0 Å². The fraction of sp³-hybridized carbons (Fsp3) is 0.571. The summed E-state index contributed by atoms with van der Waals surface area (Å²) in [6.07, 6.45) is 1.99. The molecule has 0 bridgehead atoms. The Balaban J connectivity index is 2.61. The molecule has 0 saturated heterocycles. The molecule has 0 spiro atoms. The molecule has 92 valence electrons. The second-order valence-corrected chi connectivity index (χ2v) is 7.40. The van der Waals surface area contributed by atoms with E-state index in [1.807, 2.05) is 6.20 Å². The Hall–Kier alpha value is -0.960. The lowest BCUT2D eigenvalue weighted by Crippen LogP contribution is -2.14. The van der Waals surface area contributed by atoms with Gasteiger partial charge in [0.05, 0.1) is 10.4 Å². The highest BCUT2D eigenvalue weighted by atomic mass is 32.1. The fourth-order valence-electron chi connectivity index (χ4n) is 1.79. The van der Waals surface area contributed by atoms with E-state index < -0.39 is 0 Å². The van der Waals surface area contributed by atoms with Crippen LogP contribution in [0.25, 0.3) is 10.1 Å². The molecule has 2 aromatic rings. The van der Waals surface area contributed by atoms with Crippen molar-refractivity contribution in [2.45, 2.75) is 52.4 Å². The standard InChI is InChI=1S/C14H20N2S/c1-13(2,3)11-7-10-9(8-15-11)12(16-17-10)14(4,5)6/h7-8H,1-6H3. The maximum Gasteiger partial charge on any atom is 0.0689 e. The summed E-state index contributed by atoms with van der Waals surface area (Å²) < 4.78 is 5.84. The molecule has 17 heavy (non-hydrogen) atoms. The number of nitrogens with zero attached hydrogens (tertiary/aromatic N) is 2. The number of pyridine rings is 1. The molecule has 0 radical (unpaired) electrons. The number of rotatable bonds is 0. The van der Waals surface area contributed by atoms with Gasteiger partial charge in [0.15, 0.2) is 0 Å². The van der Waals surface area contributed by atoms with Crippen molar-refractivity contribution < 1.29 is 0 Å². The summed E-state index contributed by atoms with van der Waals surface area (Å²) in [5, 5.41) is 1.20. The van der Waals surface area contributed by atoms with E-state index >= 15 is 0 Å². The third-order valence-electron chi connectivity index (χ3n) is 2.84. The highest BCUT2D eigenvalue weighted by molar-refractivity contribution is 7.13. The molecule has 2 rings (SSSR count). The highest BCUT2D eigenvalue weighted by Crippen LogP contribution is 2.33. The van der Waals surface area contributed by atoms with Gasteiger partial charge in [-0.15, -0.1) is 0 Å². The molecule has 0 amide bonds. The molecule has 0 aliphatic heterocycles.